The van der Waals surface area contributed by atoms with Crippen molar-refractivity contribution in [1.29, 1.82) is 0 Å². The van der Waals surface area contributed by atoms with E-state index in [2.05, 4.69) is 0 Å². The summed E-state index contributed by atoms with van der Waals surface area (Å²) in [6, 6.07) is 1.18. The zero-order chi connectivity index (χ0) is 10.9. The van der Waals surface area contributed by atoms with Gasteiger partial charge >= 0.3 is 11.7 Å². The van der Waals surface area contributed by atoms with Crippen LogP contribution in [0.25, 0.3) is 0 Å². The van der Waals surface area contributed by atoms with Gasteiger partial charge in [-0.2, -0.15) is 4.39 Å². The number of carbonyl (C=O) groups is 1. The monoisotopic (exact) mass is 255 g/mol. The van der Waals surface area contributed by atoms with Crippen LogP contribution in [0.4, 0.5) is 10.1 Å². The fourth-order valence-corrected chi connectivity index (χ4v) is 1.07. The standard InChI is InChI=1S/C7H3ClFNO4.ClH/c8-4-2-5(9)6(10(13)14)1-3(4)7(11)12;/h1-2H,(H,11,12);1H. The van der Waals surface area contributed by atoms with Gasteiger partial charge in [0.2, 0.25) is 5.82 Å². The highest BCUT2D eigenvalue weighted by atomic mass is 35.5. The van der Waals surface area contributed by atoms with Crippen LogP contribution in [0.1, 0.15) is 10.4 Å². The number of hydrogen-bond acceptors (Lipinski definition) is 3. The molecule has 0 aliphatic rings. The molecular weight excluding hydrogens is 252 g/mol. The van der Waals surface area contributed by atoms with Gasteiger partial charge in [0.15, 0.2) is 0 Å². The van der Waals surface area contributed by atoms with Gasteiger partial charge in [0.25, 0.3) is 0 Å². The van der Waals surface area contributed by atoms with Gasteiger partial charge in [0, 0.05) is 12.1 Å². The second-order valence-corrected chi connectivity index (χ2v) is 2.75. The quantitative estimate of drug-likeness (QED) is 0.651. The molecule has 0 fully saturated rings. The zero-order valence-electron chi connectivity index (χ0n) is 6.94. The van der Waals surface area contributed by atoms with Crippen LogP contribution < -0.4 is 0 Å². The second-order valence-electron chi connectivity index (χ2n) is 2.35. The van der Waals surface area contributed by atoms with E-state index in [1.807, 2.05) is 0 Å². The molecule has 0 radical (unpaired) electrons. The highest BCUT2D eigenvalue weighted by Crippen LogP contribution is 2.25. The van der Waals surface area contributed by atoms with Gasteiger partial charge in [-0.3, -0.25) is 10.1 Å². The fourth-order valence-electron chi connectivity index (χ4n) is 0.841. The van der Waals surface area contributed by atoms with Crippen LogP contribution in [0.15, 0.2) is 12.1 Å². The SMILES string of the molecule is Cl.O=C(O)c1cc([N+](=O)[O-])c(F)cc1Cl. The number of nitro benzene ring substituents is 1. The Kier molecular flexibility index (Phi) is 4.44. The molecule has 0 saturated carbocycles. The van der Waals surface area contributed by atoms with Crippen LogP contribution in [0.3, 0.4) is 0 Å². The average molecular weight is 256 g/mol. The largest absolute Gasteiger partial charge is 0.478 e. The fraction of sp³-hybridized carbons (Fsp3) is 0. The molecule has 0 unspecified atom stereocenters. The molecule has 0 spiro atoms. The van der Waals surface area contributed by atoms with Crippen LogP contribution in [0.5, 0.6) is 0 Å². The number of rotatable bonds is 2. The second kappa shape index (κ2) is 4.90. The lowest BCUT2D eigenvalue weighted by atomic mass is 10.2. The van der Waals surface area contributed by atoms with Crippen LogP contribution in [-0.2, 0) is 0 Å². The lowest BCUT2D eigenvalue weighted by Gasteiger charge is -1.99. The first-order valence-electron chi connectivity index (χ1n) is 3.30. The summed E-state index contributed by atoms with van der Waals surface area (Å²) in [5.41, 5.74) is -1.41. The van der Waals surface area contributed by atoms with E-state index in [1.165, 1.54) is 0 Å². The average Bonchev–Trinajstić information content (AvgIpc) is 2.02. The summed E-state index contributed by atoms with van der Waals surface area (Å²) in [6.45, 7) is 0. The van der Waals surface area contributed by atoms with Crippen LogP contribution in [0, 0.1) is 15.9 Å². The van der Waals surface area contributed by atoms with E-state index >= 15 is 0 Å². The number of carboxylic acids is 1. The Balaban J connectivity index is 0.00000196. The number of hydrogen-bond donors (Lipinski definition) is 1. The summed E-state index contributed by atoms with van der Waals surface area (Å²) in [6.07, 6.45) is 0. The highest BCUT2D eigenvalue weighted by Gasteiger charge is 2.20. The van der Waals surface area contributed by atoms with E-state index in [4.69, 9.17) is 16.7 Å². The van der Waals surface area contributed by atoms with Gasteiger partial charge in [0.05, 0.1) is 15.5 Å². The topological polar surface area (TPSA) is 80.4 Å². The summed E-state index contributed by atoms with van der Waals surface area (Å²) < 4.78 is 12.8. The minimum atomic E-state index is -1.45. The van der Waals surface area contributed by atoms with E-state index in [0.29, 0.717) is 12.1 Å². The van der Waals surface area contributed by atoms with Crippen LogP contribution >= 0.6 is 24.0 Å². The number of nitrogens with zero attached hydrogens (tertiary/aromatic N) is 1. The molecule has 82 valence electrons. The van der Waals surface area contributed by atoms with Crippen molar-refractivity contribution in [3.8, 4) is 0 Å². The Bertz CT molecular complexity index is 388. The molecule has 1 rings (SSSR count). The van der Waals surface area contributed by atoms with Crippen molar-refractivity contribution >= 4 is 35.7 Å². The van der Waals surface area contributed by atoms with E-state index in [-0.39, 0.29) is 17.4 Å². The Hall–Kier alpha value is -1.40. The lowest BCUT2D eigenvalue weighted by Crippen LogP contribution is -2.01. The maximum Gasteiger partial charge on any atom is 0.337 e. The van der Waals surface area contributed by atoms with Crippen molar-refractivity contribution < 1.29 is 19.2 Å². The Morgan fingerprint density at radius 1 is 1.53 bits per heavy atom. The van der Waals surface area contributed by atoms with E-state index < -0.39 is 28.0 Å². The third-order valence-electron chi connectivity index (χ3n) is 1.46. The molecule has 5 nitrogen and oxygen atoms in total. The smallest absolute Gasteiger partial charge is 0.337 e. The molecule has 8 heteroatoms. The molecule has 15 heavy (non-hydrogen) atoms. The maximum absolute atomic E-state index is 12.8. The number of nitro groups is 1. The van der Waals surface area contributed by atoms with Crippen molar-refractivity contribution in [2.24, 2.45) is 0 Å². The lowest BCUT2D eigenvalue weighted by molar-refractivity contribution is -0.387. The maximum atomic E-state index is 12.8. The molecule has 1 N–H and O–H groups in total. The number of halogens is 3. The summed E-state index contributed by atoms with van der Waals surface area (Å²) in [5, 5.41) is 18.4. The van der Waals surface area contributed by atoms with Crippen molar-refractivity contribution in [3.05, 3.63) is 38.7 Å². The third-order valence-corrected chi connectivity index (χ3v) is 1.78. The first-order valence-corrected chi connectivity index (χ1v) is 3.68. The zero-order valence-corrected chi connectivity index (χ0v) is 8.51. The number of carboxylic acid groups (broad SMARTS) is 1. The summed E-state index contributed by atoms with van der Waals surface area (Å²) in [4.78, 5) is 19.7. The number of benzene rings is 1. The molecule has 0 heterocycles. The Labute approximate surface area is 94.0 Å². The molecule has 1 aromatic carbocycles. The normalized spacial score (nSPS) is 9.20. The Morgan fingerprint density at radius 3 is 2.47 bits per heavy atom. The molecular formula is C7H4Cl2FNO4. The highest BCUT2D eigenvalue weighted by molar-refractivity contribution is 6.33. The summed E-state index contributed by atoms with van der Waals surface area (Å²) in [7, 11) is 0. The van der Waals surface area contributed by atoms with Gasteiger partial charge in [0.1, 0.15) is 0 Å². The van der Waals surface area contributed by atoms with Gasteiger partial charge < -0.3 is 5.11 Å². The third kappa shape index (κ3) is 2.77. The molecule has 0 atom stereocenters. The first kappa shape index (κ1) is 13.6. The van der Waals surface area contributed by atoms with E-state index in [0.717, 1.165) is 0 Å². The van der Waals surface area contributed by atoms with E-state index in [9.17, 15) is 19.3 Å². The van der Waals surface area contributed by atoms with Crippen molar-refractivity contribution in [2.75, 3.05) is 0 Å². The molecule has 0 aliphatic carbocycles. The summed E-state index contributed by atoms with van der Waals surface area (Å²) >= 11 is 5.36. The van der Waals surface area contributed by atoms with Crippen molar-refractivity contribution in [1.82, 2.24) is 0 Å². The van der Waals surface area contributed by atoms with Crippen LogP contribution in [-0.4, -0.2) is 16.0 Å². The predicted molar refractivity (Wildman–Crippen MR) is 52.3 cm³/mol. The molecule has 0 saturated heterocycles. The van der Waals surface area contributed by atoms with E-state index in [1.54, 1.807) is 0 Å². The van der Waals surface area contributed by atoms with Gasteiger partial charge in [-0.1, -0.05) is 11.6 Å². The van der Waals surface area contributed by atoms with Crippen molar-refractivity contribution in [2.45, 2.75) is 0 Å². The molecule has 1 aromatic rings. The minimum Gasteiger partial charge on any atom is -0.478 e. The van der Waals surface area contributed by atoms with Gasteiger partial charge in [-0.05, 0) is 0 Å². The Morgan fingerprint density at radius 2 is 2.07 bits per heavy atom. The minimum absolute atomic E-state index is 0. The molecule has 0 amide bonds. The molecule has 0 bridgehead atoms. The predicted octanol–water partition coefficient (Wildman–Crippen LogP) is 2.51. The molecule has 0 aliphatic heterocycles. The first-order chi connectivity index (χ1) is 6.43. The summed E-state index contributed by atoms with van der Waals surface area (Å²) in [5.74, 6) is -2.61. The molecule has 0 aromatic heterocycles. The van der Waals surface area contributed by atoms with Crippen molar-refractivity contribution in [3.63, 3.8) is 0 Å². The van der Waals surface area contributed by atoms with Crippen LogP contribution in [0.2, 0.25) is 5.02 Å². The van der Waals surface area contributed by atoms with Gasteiger partial charge in [-0.25, -0.2) is 4.79 Å². The number of aromatic carboxylic acids is 1. The van der Waals surface area contributed by atoms with Gasteiger partial charge in [-0.15, -0.1) is 12.4 Å².